The molecule has 5 rings (SSSR count). The van der Waals surface area contributed by atoms with Crippen LogP contribution < -0.4 is 19.6 Å². The number of allylic oxidation sites excluding steroid dienone is 1. The summed E-state index contributed by atoms with van der Waals surface area (Å²) in [5.41, 5.74) is 3.20. The van der Waals surface area contributed by atoms with Crippen LogP contribution in [-0.4, -0.2) is 17.6 Å². The van der Waals surface area contributed by atoms with E-state index in [2.05, 4.69) is 15.9 Å². The third-order valence-corrected chi connectivity index (χ3v) is 8.02. The summed E-state index contributed by atoms with van der Waals surface area (Å²) >= 11 is 10.9. The van der Waals surface area contributed by atoms with Crippen LogP contribution in [-0.2, 0) is 16.1 Å². The Labute approximate surface area is 242 Å². The van der Waals surface area contributed by atoms with E-state index in [9.17, 15) is 9.59 Å². The number of thiazole rings is 1. The minimum Gasteiger partial charge on any atom is -0.488 e. The highest BCUT2D eigenvalue weighted by Crippen LogP contribution is 2.32. The fourth-order valence-electron chi connectivity index (χ4n) is 4.51. The first-order valence-corrected chi connectivity index (χ1v) is 14.2. The maximum Gasteiger partial charge on any atom is 0.338 e. The van der Waals surface area contributed by atoms with Crippen LogP contribution in [0.2, 0.25) is 5.02 Å². The van der Waals surface area contributed by atoms with Crippen LogP contribution in [0.1, 0.15) is 36.1 Å². The summed E-state index contributed by atoms with van der Waals surface area (Å²) in [6.07, 6.45) is 2.32. The molecular formula is C30H24BrClN2O4S. The molecule has 1 aromatic heterocycles. The predicted octanol–water partition coefficient (Wildman–Crippen LogP) is 5.79. The van der Waals surface area contributed by atoms with Gasteiger partial charge in [0.25, 0.3) is 5.56 Å². The topological polar surface area (TPSA) is 69.9 Å². The second-order valence-electron chi connectivity index (χ2n) is 8.80. The molecule has 3 aromatic carbocycles. The van der Waals surface area contributed by atoms with Gasteiger partial charge in [0.05, 0.1) is 29.0 Å². The number of nitrogens with zero attached hydrogens (tertiary/aromatic N) is 2. The van der Waals surface area contributed by atoms with Gasteiger partial charge >= 0.3 is 5.97 Å². The highest BCUT2D eigenvalue weighted by molar-refractivity contribution is 9.10. The molecule has 0 spiro atoms. The van der Waals surface area contributed by atoms with Crippen LogP contribution in [0.15, 0.2) is 98.3 Å². The van der Waals surface area contributed by atoms with Gasteiger partial charge in [0, 0.05) is 15.1 Å². The van der Waals surface area contributed by atoms with E-state index in [1.807, 2.05) is 79.7 Å². The van der Waals surface area contributed by atoms with Crippen LogP contribution in [0.3, 0.4) is 0 Å². The first-order valence-electron chi connectivity index (χ1n) is 12.2. The van der Waals surface area contributed by atoms with Crippen LogP contribution in [0.25, 0.3) is 6.08 Å². The minimum atomic E-state index is -0.645. The molecule has 0 aliphatic carbocycles. The Hall–Kier alpha value is -3.46. The van der Waals surface area contributed by atoms with Crippen molar-refractivity contribution >= 4 is 50.9 Å². The maximum atomic E-state index is 13.9. The fourth-order valence-corrected chi connectivity index (χ4v) is 6.11. The second-order valence-corrected chi connectivity index (χ2v) is 11.2. The van der Waals surface area contributed by atoms with Gasteiger partial charge in [-0.2, -0.15) is 0 Å². The van der Waals surface area contributed by atoms with E-state index in [1.165, 1.54) is 18.4 Å². The molecule has 0 fully saturated rings. The molecule has 0 bridgehead atoms. The molecule has 0 amide bonds. The van der Waals surface area contributed by atoms with Crippen molar-refractivity contribution in [2.45, 2.75) is 26.0 Å². The predicted molar refractivity (Wildman–Crippen MR) is 157 cm³/mol. The number of aromatic nitrogens is 1. The summed E-state index contributed by atoms with van der Waals surface area (Å²) in [6.45, 7) is 2.25. The average Bonchev–Trinajstić information content (AvgIpc) is 3.25. The van der Waals surface area contributed by atoms with Crippen molar-refractivity contribution in [3.05, 3.63) is 130 Å². The smallest absolute Gasteiger partial charge is 0.338 e. The lowest BCUT2D eigenvalue weighted by Crippen LogP contribution is -2.40. The molecule has 39 heavy (non-hydrogen) atoms. The summed E-state index contributed by atoms with van der Waals surface area (Å²) in [6, 6.07) is 22.0. The molecule has 0 saturated carbocycles. The van der Waals surface area contributed by atoms with Crippen molar-refractivity contribution < 1.29 is 14.3 Å². The van der Waals surface area contributed by atoms with Gasteiger partial charge in [-0.1, -0.05) is 88.3 Å². The molecule has 1 aliphatic rings. The lowest BCUT2D eigenvalue weighted by atomic mass is 9.95. The number of carbonyl (C=O) groups is 1. The number of benzene rings is 3. The zero-order chi connectivity index (χ0) is 27.5. The largest absolute Gasteiger partial charge is 0.488 e. The van der Waals surface area contributed by atoms with E-state index in [1.54, 1.807) is 10.6 Å². The zero-order valence-corrected chi connectivity index (χ0v) is 24.3. The molecule has 0 unspecified atom stereocenters. The number of ether oxygens (including phenoxy) is 2. The minimum absolute atomic E-state index is 0.245. The van der Waals surface area contributed by atoms with Gasteiger partial charge in [0.15, 0.2) is 4.80 Å². The summed E-state index contributed by atoms with van der Waals surface area (Å²) < 4.78 is 14.2. The molecule has 0 N–H and O–H groups in total. The zero-order valence-electron chi connectivity index (χ0n) is 21.2. The Balaban J connectivity index is 1.64. The van der Waals surface area contributed by atoms with Crippen LogP contribution in [0.4, 0.5) is 0 Å². The van der Waals surface area contributed by atoms with Gasteiger partial charge in [-0.05, 0) is 54.0 Å². The maximum absolute atomic E-state index is 13.9. The van der Waals surface area contributed by atoms with Crippen LogP contribution in [0.5, 0.6) is 5.75 Å². The Bertz CT molecular complexity index is 1760. The van der Waals surface area contributed by atoms with Crippen molar-refractivity contribution in [3.8, 4) is 5.75 Å². The van der Waals surface area contributed by atoms with E-state index < -0.39 is 12.0 Å². The number of hydrogen-bond donors (Lipinski definition) is 0. The normalized spacial score (nSPS) is 15.1. The number of esters is 1. The van der Waals surface area contributed by atoms with E-state index >= 15 is 0 Å². The molecule has 0 saturated heterocycles. The second kappa shape index (κ2) is 11.7. The molecule has 1 aliphatic heterocycles. The van der Waals surface area contributed by atoms with Crippen molar-refractivity contribution in [2.75, 3.05) is 7.11 Å². The van der Waals surface area contributed by atoms with Crippen molar-refractivity contribution in [1.29, 1.82) is 0 Å². The molecule has 0 radical (unpaired) electrons. The molecule has 6 nitrogen and oxygen atoms in total. The fraction of sp³-hybridized carbons (Fsp3) is 0.167. The first-order chi connectivity index (χ1) is 18.9. The van der Waals surface area contributed by atoms with Gasteiger partial charge in [0.1, 0.15) is 12.4 Å². The lowest BCUT2D eigenvalue weighted by Gasteiger charge is -2.25. The molecule has 2 heterocycles. The lowest BCUT2D eigenvalue weighted by molar-refractivity contribution is -0.136. The molecular weight excluding hydrogens is 600 g/mol. The molecule has 1 atom stereocenters. The van der Waals surface area contributed by atoms with Gasteiger partial charge in [-0.25, -0.2) is 9.79 Å². The number of rotatable bonds is 7. The highest BCUT2D eigenvalue weighted by Gasteiger charge is 2.33. The quantitative estimate of drug-likeness (QED) is 0.244. The number of hydrogen-bond acceptors (Lipinski definition) is 6. The summed E-state index contributed by atoms with van der Waals surface area (Å²) in [7, 11) is 1.34. The standard InChI is InChI=1S/C30H24BrClN2O4S/c1-3-23-26(29(36)37-2)27(19-9-5-4-6-10-19)34-28(35)25(39-30(34)33-23)16-20-15-21(31)12-13-24(20)38-17-18-8-7-11-22(32)14-18/h4-16,27H,3,17H2,1-2H3/b25-16+/t27-/m1/s1. The molecule has 4 aromatic rings. The number of fused-ring (bicyclic) bond motifs is 1. The van der Waals surface area contributed by atoms with E-state index in [0.717, 1.165) is 21.2 Å². The SMILES string of the molecule is CCC1=C(C(=O)OC)[C@@H](c2ccccc2)n2c(s/c(=C/c3cc(Br)ccc3OCc3cccc(Cl)c3)c2=O)=N1. The van der Waals surface area contributed by atoms with Crippen LogP contribution >= 0.6 is 38.9 Å². The Morgan fingerprint density at radius 2 is 1.92 bits per heavy atom. The van der Waals surface area contributed by atoms with Crippen LogP contribution in [0, 0.1) is 0 Å². The van der Waals surface area contributed by atoms with Crippen molar-refractivity contribution in [3.63, 3.8) is 0 Å². The first kappa shape index (κ1) is 27.1. The number of carbonyl (C=O) groups excluding carboxylic acids is 1. The average molecular weight is 624 g/mol. The summed E-state index contributed by atoms with van der Waals surface area (Å²) in [5, 5.41) is 0.638. The molecule has 9 heteroatoms. The van der Waals surface area contributed by atoms with E-state index in [4.69, 9.17) is 26.1 Å². The third-order valence-electron chi connectivity index (χ3n) is 6.31. The van der Waals surface area contributed by atoms with Gasteiger partial charge < -0.3 is 9.47 Å². The van der Waals surface area contributed by atoms with E-state index in [0.29, 0.717) is 44.4 Å². The van der Waals surface area contributed by atoms with Crippen molar-refractivity contribution in [2.24, 2.45) is 4.99 Å². The Morgan fingerprint density at radius 1 is 1.13 bits per heavy atom. The number of methoxy groups -OCH3 is 1. The van der Waals surface area contributed by atoms with Gasteiger partial charge in [-0.3, -0.25) is 9.36 Å². The highest BCUT2D eigenvalue weighted by atomic mass is 79.9. The van der Waals surface area contributed by atoms with Gasteiger partial charge in [0.2, 0.25) is 0 Å². The summed E-state index contributed by atoms with van der Waals surface area (Å²) in [4.78, 5) is 32.1. The molecule has 198 valence electrons. The summed E-state index contributed by atoms with van der Waals surface area (Å²) in [5.74, 6) is 0.121. The number of halogens is 2. The van der Waals surface area contributed by atoms with Crippen molar-refractivity contribution in [1.82, 2.24) is 4.57 Å². The van der Waals surface area contributed by atoms with E-state index in [-0.39, 0.29) is 5.56 Å². The Morgan fingerprint density at radius 3 is 2.64 bits per heavy atom. The third kappa shape index (κ3) is 5.64. The van der Waals surface area contributed by atoms with Gasteiger partial charge in [-0.15, -0.1) is 0 Å². The Kier molecular flexibility index (Phi) is 8.16. The monoisotopic (exact) mass is 622 g/mol.